The number of H-pyrrole nitrogens is 1. The molecule has 0 amide bonds. The number of nitro groups is 1. The zero-order valence-corrected chi connectivity index (χ0v) is 11.9. The molecule has 3 aromatic rings. The number of nitrogens with one attached hydrogen (secondary N) is 1. The minimum Gasteiger partial charge on any atom is -0.361 e. The summed E-state index contributed by atoms with van der Waals surface area (Å²) in [4.78, 5) is 13.9. The topological polar surface area (TPSA) is 58.9 Å². The highest BCUT2D eigenvalue weighted by atomic mass is 35.5. The molecule has 0 saturated heterocycles. The van der Waals surface area contributed by atoms with E-state index in [-0.39, 0.29) is 17.4 Å². The van der Waals surface area contributed by atoms with Gasteiger partial charge >= 0.3 is 0 Å². The molecule has 1 N–H and O–H groups in total. The van der Waals surface area contributed by atoms with Gasteiger partial charge in [-0.1, -0.05) is 41.9 Å². The number of benzene rings is 2. The zero-order chi connectivity index (χ0) is 14.8. The van der Waals surface area contributed by atoms with E-state index in [1.54, 1.807) is 12.1 Å². The molecule has 106 valence electrons. The van der Waals surface area contributed by atoms with Crippen LogP contribution in [0.15, 0.2) is 54.7 Å². The van der Waals surface area contributed by atoms with Gasteiger partial charge in [0.15, 0.2) is 0 Å². The first-order valence-electron chi connectivity index (χ1n) is 6.58. The van der Waals surface area contributed by atoms with Gasteiger partial charge in [0, 0.05) is 27.0 Å². The summed E-state index contributed by atoms with van der Waals surface area (Å²) in [5.74, 6) is -0.324. The average molecular weight is 301 g/mol. The molecule has 0 bridgehead atoms. The molecule has 0 saturated carbocycles. The fourth-order valence-electron chi connectivity index (χ4n) is 2.64. The van der Waals surface area contributed by atoms with Gasteiger partial charge in [-0.15, -0.1) is 0 Å². The summed E-state index contributed by atoms with van der Waals surface area (Å²) in [5.41, 5.74) is 2.75. The highest BCUT2D eigenvalue weighted by Gasteiger charge is 2.23. The van der Waals surface area contributed by atoms with Crippen LogP contribution >= 0.6 is 11.6 Å². The fourth-order valence-corrected chi connectivity index (χ4v) is 2.84. The van der Waals surface area contributed by atoms with E-state index in [0.717, 1.165) is 22.0 Å². The molecule has 0 aliphatic rings. The first-order chi connectivity index (χ1) is 10.1. The summed E-state index contributed by atoms with van der Waals surface area (Å²) >= 11 is 6.03. The number of fused-ring (bicyclic) bond motifs is 1. The van der Waals surface area contributed by atoms with Crippen molar-refractivity contribution in [3.05, 3.63) is 81.0 Å². The highest BCUT2D eigenvalue weighted by Crippen LogP contribution is 2.32. The maximum atomic E-state index is 11.1. The second-order valence-corrected chi connectivity index (χ2v) is 5.35. The number of para-hydroxylation sites is 1. The Bertz CT molecular complexity index is 798. The Morgan fingerprint density at radius 3 is 2.76 bits per heavy atom. The number of hydrogen-bond acceptors (Lipinski definition) is 2. The van der Waals surface area contributed by atoms with Crippen molar-refractivity contribution in [3.63, 3.8) is 0 Å². The molecule has 21 heavy (non-hydrogen) atoms. The van der Waals surface area contributed by atoms with Gasteiger partial charge in [0.2, 0.25) is 6.54 Å². The molecule has 0 aliphatic carbocycles. The lowest BCUT2D eigenvalue weighted by molar-refractivity contribution is -0.481. The Kier molecular flexibility index (Phi) is 3.62. The molecular weight excluding hydrogens is 288 g/mol. The third-order valence-electron chi connectivity index (χ3n) is 3.58. The van der Waals surface area contributed by atoms with Crippen molar-refractivity contribution in [1.82, 2.24) is 4.98 Å². The van der Waals surface area contributed by atoms with Crippen LogP contribution in [-0.4, -0.2) is 16.5 Å². The van der Waals surface area contributed by atoms with Gasteiger partial charge < -0.3 is 4.98 Å². The first kappa shape index (κ1) is 13.6. The Hall–Kier alpha value is -2.33. The molecule has 2 aromatic carbocycles. The standard InChI is InChI=1S/C16H13ClN2O2/c17-12-5-3-4-11(8-12)15(10-19(20)21)14-9-18-16-7-2-1-6-13(14)16/h1-9,15,18H,10H2/t15-/m1/s1. The van der Waals surface area contributed by atoms with Gasteiger partial charge in [0.05, 0.1) is 5.92 Å². The lowest BCUT2D eigenvalue weighted by atomic mass is 9.91. The van der Waals surface area contributed by atoms with Crippen molar-refractivity contribution in [2.45, 2.75) is 5.92 Å². The van der Waals surface area contributed by atoms with E-state index in [9.17, 15) is 10.1 Å². The van der Waals surface area contributed by atoms with Crippen LogP contribution in [0, 0.1) is 10.1 Å². The van der Waals surface area contributed by atoms with Crippen molar-refractivity contribution < 1.29 is 4.92 Å². The fraction of sp³-hybridized carbons (Fsp3) is 0.125. The quantitative estimate of drug-likeness (QED) is 0.579. The van der Waals surface area contributed by atoms with Crippen LogP contribution < -0.4 is 0 Å². The number of aromatic nitrogens is 1. The van der Waals surface area contributed by atoms with Gasteiger partial charge in [-0.2, -0.15) is 0 Å². The van der Waals surface area contributed by atoms with E-state index in [4.69, 9.17) is 11.6 Å². The second-order valence-electron chi connectivity index (χ2n) is 4.91. The van der Waals surface area contributed by atoms with E-state index in [1.165, 1.54) is 0 Å². The van der Waals surface area contributed by atoms with Gasteiger partial charge in [-0.05, 0) is 29.3 Å². The molecule has 0 fully saturated rings. The SMILES string of the molecule is O=[N+]([O-])C[C@H](c1cccc(Cl)c1)c1c[nH]c2ccccc12. The van der Waals surface area contributed by atoms with E-state index in [2.05, 4.69) is 4.98 Å². The number of rotatable bonds is 4. The third-order valence-corrected chi connectivity index (χ3v) is 3.81. The maximum absolute atomic E-state index is 11.1. The van der Waals surface area contributed by atoms with Crippen molar-refractivity contribution >= 4 is 22.5 Å². The molecular formula is C16H13ClN2O2. The summed E-state index contributed by atoms with van der Waals surface area (Å²) in [5, 5.41) is 12.6. The lowest BCUT2D eigenvalue weighted by Gasteiger charge is -2.13. The second kappa shape index (κ2) is 5.58. The van der Waals surface area contributed by atoms with Crippen molar-refractivity contribution in [3.8, 4) is 0 Å². The largest absolute Gasteiger partial charge is 0.361 e. The number of halogens is 1. The van der Waals surface area contributed by atoms with Crippen molar-refractivity contribution in [1.29, 1.82) is 0 Å². The lowest BCUT2D eigenvalue weighted by Crippen LogP contribution is -2.13. The van der Waals surface area contributed by atoms with Crippen molar-refractivity contribution in [2.24, 2.45) is 0 Å². The van der Waals surface area contributed by atoms with E-state index in [1.807, 2.05) is 42.6 Å². The summed E-state index contributed by atoms with van der Waals surface area (Å²) in [7, 11) is 0. The summed E-state index contributed by atoms with van der Waals surface area (Å²) < 4.78 is 0. The Labute approximate surface area is 126 Å². The zero-order valence-electron chi connectivity index (χ0n) is 11.1. The van der Waals surface area contributed by atoms with Crippen LogP contribution in [0.25, 0.3) is 10.9 Å². The average Bonchev–Trinajstić information content (AvgIpc) is 2.88. The van der Waals surface area contributed by atoms with Gasteiger partial charge in [0.25, 0.3) is 0 Å². The van der Waals surface area contributed by atoms with Crippen molar-refractivity contribution in [2.75, 3.05) is 6.54 Å². The summed E-state index contributed by atoms with van der Waals surface area (Å²) in [6.45, 7) is -0.164. The predicted molar refractivity (Wildman–Crippen MR) is 83.5 cm³/mol. The number of nitrogens with zero attached hydrogens (tertiary/aromatic N) is 1. The summed E-state index contributed by atoms with van der Waals surface area (Å²) in [6.07, 6.45) is 1.85. The Morgan fingerprint density at radius 2 is 2.00 bits per heavy atom. The molecule has 5 heteroatoms. The molecule has 0 spiro atoms. The van der Waals surface area contributed by atoms with Crippen LogP contribution in [0.4, 0.5) is 0 Å². The van der Waals surface area contributed by atoms with Crippen LogP contribution in [0.3, 0.4) is 0 Å². The summed E-state index contributed by atoms with van der Waals surface area (Å²) in [6, 6.07) is 15.0. The van der Waals surface area contributed by atoms with Crippen LogP contribution in [0.2, 0.25) is 5.02 Å². The highest BCUT2D eigenvalue weighted by molar-refractivity contribution is 6.30. The van der Waals surface area contributed by atoms with Crippen LogP contribution in [-0.2, 0) is 0 Å². The normalized spacial score (nSPS) is 12.4. The molecule has 1 heterocycles. The molecule has 1 aromatic heterocycles. The van der Waals surface area contributed by atoms with E-state index in [0.29, 0.717) is 5.02 Å². The number of aromatic amines is 1. The predicted octanol–water partition coefficient (Wildman–Crippen LogP) is 4.23. The number of hydrogen-bond donors (Lipinski definition) is 1. The van der Waals surface area contributed by atoms with Gasteiger partial charge in [-0.3, -0.25) is 10.1 Å². The maximum Gasteiger partial charge on any atom is 0.214 e. The van der Waals surface area contributed by atoms with E-state index >= 15 is 0 Å². The third kappa shape index (κ3) is 2.76. The molecule has 0 unspecified atom stereocenters. The molecule has 3 rings (SSSR count). The first-order valence-corrected chi connectivity index (χ1v) is 6.96. The van der Waals surface area contributed by atoms with Crippen LogP contribution in [0.5, 0.6) is 0 Å². The molecule has 4 nitrogen and oxygen atoms in total. The van der Waals surface area contributed by atoms with Gasteiger partial charge in [0.1, 0.15) is 0 Å². The molecule has 1 atom stereocenters. The molecule has 0 aliphatic heterocycles. The molecule has 0 radical (unpaired) electrons. The smallest absolute Gasteiger partial charge is 0.214 e. The van der Waals surface area contributed by atoms with Gasteiger partial charge in [-0.25, -0.2) is 0 Å². The van der Waals surface area contributed by atoms with E-state index < -0.39 is 0 Å². The van der Waals surface area contributed by atoms with Crippen LogP contribution in [0.1, 0.15) is 17.0 Å². The Balaban J connectivity index is 2.13. The monoisotopic (exact) mass is 300 g/mol. The Morgan fingerprint density at radius 1 is 1.19 bits per heavy atom. The minimum absolute atomic E-state index is 0.164. The minimum atomic E-state index is -0.324.